The zero-order valence-corrected chi connectivity index (χ0v) is 7.49. The summed E-state index contributed by atoms with van der Waals surface area (Å²) in [5, 5.41) is 3.74. The molecular formula is C7H8N4OS. The maximum Gasteiger partial charge on any atom is 0.0954 e. The number of nitrogens with zero attached hydrogens (tertiary/aromatic N) is 2. The van der Waals surface area contributed by atoms with Crippen LogP contribution in [-0.2, 0) is 0 Å². The van der Waals surface area contributed by atoms with Crippen molar-refractivity contribution in [1.82, 2.24) is 15.0 Å². The zero-order chi connectivity index (χ0) is 9.10. The first-order valence-electron chi connectivity index (χ1n) is 3.67. The summed E-state index contributed by atoms with van der Waals surface area (Å²) < 4.78 is 8.73. The first-order valence-corrected chi connectivity index (χ1v) is 4.44. The monoisotopic (exact) mass is 196 g/mol. The molecule has 0 fully saturated rings. The van der Waals surface area contributed by atoms with E-state index in [0.717, 1.165) is 10.4 Å². The highest BCUT2D eigenvalue weighted by Crippen LogP contribution is 2.22. The van der Waals surface area contributed by atoms with Crippen LogP contribution in [0.5, 0.6) is 0 Å². The first kappa shape index (κ1) is 8.36. The minimum atomic E-state index is -0.0845. The largest absolute Gasteiger partial charge is 0.472 e. The maximum atomic E-state index is 5.41. The molecule has 1 unspecified atom stereocenters. The molecule has 1 atom stereocenters. The van der Waals surface area contributed by atoms with E-state index >= 15 is 0 Å². The Morgan fingerprint density at radius 2 is 2.54 bits per heavy atom. The van der Waals surface area contributed by atoms with Crippen molar-refractivity contribution < 1.29 is 4.42 Å². The second-order valence-corrected chi connectivity index (χ2v) is 3.29. The molecule has 0 radical (unpaired) electrons. The minimum Gasteiger partial charge on any atom is -0.472 e. The molecule has 6 heteroatoms. The van der Waals surface area contributed by atoms with Crippen molar-refractivity contribution in [3.8, 4) is 0 Å². The van der Waals surface area contributed by atoms with Gasteiger partial charge < -0.3 is 4.42 Å². The Hall–Kier alpha value is -1.24. The van der Waals surface area contributed by atoms with Crippen molar-refractivity contribution in [2.45, 2.75) is 6.04 Å². The molecule has 0 saturated heterocycles. The second-order valence-electron chi connectivity index (χ2n) is 2.48. The molecule has 0 saturated carbocycles. The van der Waals surface area contributed by atoms with Crippen molar-refractivity contribution in [2.75, 3.05) is 0 Å². The van der Waals surface area contributed by atoms with E-state index in [0.29, 0.717) is 0 Å². The van der Waals surface area contributed by atoms with Gasteiger partial charge in [0, 0.05) is 5.56 Å². The van der Waals surface area contributed by atoms with Crippen LogP contribution in [-0.4, -0.2) is 9.59 Å². The van der Waals surface area contributed by atoms with Crippen LogP contribution in [0.4, 0.5) is 0 Å². The highest BCUT2D eigenvalue weighted by atomic mass is 32.1. The number of hydrogen-bond acceptors (Lipinski definition) is 6. The van der Waals surface area contributed by atoms with Gasteiger partial charge in [-0.1, -0.05) is 4.49 Å². The average molecular weight is 196 g/mol. The van der Waals surface area contributed by atoms with Gasteiger partial charge >= 0.3 is 0 Å². The first-order chi connectivity index (χ1) is 6.42. The summed E-state index contributed by atoms with van der Waals surface area (Å²) in [5.41, 5.74) is 3.64. The van der Waals surface area contributed by atoms with Crippen molar-refractivity contribution in [3.63, 3.8) is 0 Å². The Morgan fingerprint density at radius 1 is 1.62 bits per heavy atom. The van der Waals surface area contributed by atoms with E-state index in [1.807, 2.05) is 6.07 Å². The third kappa shape index (κ3) is 1.59. The lowest BCUT2D eigenvalue weighted by atomic mass is 10.1. The van der Waals surface area contributed by atoms with Gasteiger partial charge in [0.15, 0.2) is 0 Å². The molecule has 3 N–H and O–H groups in total. The lowest BCUT2D eigenvalue weighted by molar-refractivity contribution is 0.554. The molecule has 0 aromatic carbocycles. The summed E-state index contributed by atoms with van der Waals surface area (Å²) in [4.78, 5) is 0.962. The number of hydrazine groups is 1. The van der Waals surface area contributed by atoms with Gasteiger partial charge in [0.1, 0.15) is 0 Å². The Morgan fingerprint density at radius 3 is 3.08 bits per heavy atom. The van der Waals surface area contributed by atoms with Crippen molar-refractivity contribution >= 4 is 11.5 Å². The number of aromatic nitrogens is 2. The predicted molar refractivity (Wildman–Crippen MR) is 47.8 cm³/mol. The standard InChI is InChI=1S/C7H8N4OS/c8-10-7(5-1-2-12-4-5)6-3-9-11-13-6/h1-4,7,10H,8H2. The van der Waals surface area contributed by atoms with Gasteiger partial charge in [-0.15, -0.1) is 5.10 Å². The third-order valence-electron chi connectivity index (χ3n) is 1.71. The molecule has 0 amide bonds. The quantitative estimate of drug-likeness (QED) is 0.557. The van der Waals surface area contributed by atoms with Gasteiger partial charge in [0.25, 0.3) is 0 Å². The Labute approximate surface area is 78.7 Å². The maximum absolute atomic E-state index is 5.41. The number of rotatable bonds is 3. The van der Waals surface area contributed by atoms with Crippen LogP contribution >= 0.6 is 11.5 Å². The molecule has 0 aliphatic rings. The fourth-order valence-corrected chi connectivity index (χ4v) is 1.68. The molecule has 13 heavy (non-hydrogen) atoms. The fraction of sp³-hybridized carbons (Fsp3) is 0.143. The lowest BCUT2D eigenvalue weighted by Crippen LogP contribution is -2.27. The lowest BCUT2D eigenvalue weighted by Gasteiger charge is -2.09. The predicted octanol–water partition coefficient (Wildman–Crippen LogP) is 0.684. The molecule has 2 aromatic rings. The molecule has 2 aromatic heterocycles. The molecule has 2 heterocycles. The molecule has 0 aliphatic heterocycles. The van der Waals surface area contributed by atoms with E-state index in [-0.39, 0.29) is 6.04 Å². The van der Waals surface area contributed by atoms with Crippen LogP contribution in [0.25, 0.3) is 0 Å². The number of hydrogen-bond donors (Lipinski definition) is 2. The summed E-state index contributed by atoms with van der Waals surface area (Å²) in [6.07, 6.45) is 4.93. The molecule has 0 spiro atoms. The van der Waals surface area contributed by atoms with Gasteiger partial charge in [-0.3, -0.25) is 5.84 Å². The van der Waals surface area contributed by atoms with E-state index in [1.54, 1.807) is 18.7 Å². The van der Waals surface area contributed by atoms with Gasteiger partial charge in [0.2, 0.25) is 0 Å². The van der Waals surface area contributed by atoms with Crippen LogP contribution in [0.15, 0.2) is 29.2 Å². The summed E-state index contributed by atoms with van der Waals surface area (Å²) >= 11 is 1.31. The van der Waals surface area contributed by atoms with Crippen LogP contribution < -0.4 is 11.3 Å². The third-order valence-corrected chi connectivity index (χ3v) is 2.43. The highest BCUT2D eigenvalue weighted by molar-refractivity contribution is 7.05. The van der Waals surface area contributed by atoms with Gasteiger partial charge in [-0.25, -0.2) is 5.43 Å². The second kappa shape index (κ2) is 3.65. The van der Waals surface area contributed by atoms with E-state index in [2.05, 4.69) is 15.0 Å². The Kier molecular flexibility index (Phi) is 2.35. The summed E-state index contributed by atoms with van der Waals surface area (Å²) in [6.45, 7) is 0. The minimum absolute atomic E-state index is 0.0845. The molecule has 0 bridgehead atoms. The molecule has 2 rings (SSSR count). The van der Waals surface area contributed by atoms with Crippen LogP contribution in [0.3, 0.4) is 0 Å². The molecule has 0 aliphatic carbocycles. The summed E-state index contributed by atoms with van der Waals surface area (Å²) in [5.74, 6) is 5.41. The number of furan rings is 1. The topological polar surface area (TPSA) is 77.0 Å². The zero-order valence-electron chi connectivity index (χ0n) is 6.68. The average Bonchev–Trinajstić information content (AvgIpc) is 2.76. The SMILES string of the molecule is NNC(c1ccoc1)c1cnns1. The van der Waals surface area contributed by atoms with Gasteiger partial charge in [-0.05, 0) is 17.6 Å². The van der Waals surface area contributed by atoms with E-state index in [4.69, 9.17) is 10.3 Å². The van der Waals surface area contributed by atoms with Crippen molar-refractivity contribution in [2.24, 2.45) is 5.84 Å². The van der Waals surface area contributed by atoms with Crippen LogP contribution in [0.1, 0.15) is 16.5 Å². The molecular weight excluding hydrogens is 188 g/mol. The van der Waals surface area contributed by atoms with E-state index < -0.39 is 0 Å². The Balaban J connectivity index is 2.29. The van der Waals surface area contributed by atoms with Crippen LogP contribution in [0.2, 0.25) is 0 Å². The van der Waals surface area contributed by atoms with Gasteiger partial charge in [0.05, 0.1) is 29.6 Å². The normalized spacial score (nSPS) is 13.0. The summed E-state index contributed by atoms with van der Waals surface area (Å²) in [6, 6.07) is 1.77. The van der Waals surface area contributed by atoms with Gasteiger partial charge in [-0.2, -0.15) is 0 Å². The highest BCUT2D eigenvalue weighted by Gasteiger charge is 2.15. The molecule has 68 valence electrons. The van der Waals surface area contributed by atoms with Crippen LogP contribution in [0, 0.1) is 0 Å². The smallest absolute Gasteiger partial charge is 0.0954 e. The van der Waals surface area contributed by atoms with Crippen molar-refractivity contribution in [3.05, 3.63) is 35.2 Å². The Bertz CT molecular complexity index is 310. The van der Waals surface area contributed by atoms with E-state index in [9.17, 15) is 0 Å². The molecule has 5 nitrogen and oxygen atoms in total. The number of nitrogens with one attached hydrogen (secondary N) is 1. The van der Waals surface area contributed by atoms with Crippen molar-refractivity contribution in [1.29, 1.82) is 0 Å². The number of nitrogens with two attached hydrogens (primary N) is 1. The van der Waals surface area contributed by atoms with E-state index in [1.165, 1.54) is 11.5 Å². The fourth-order valence-electron chi connectivity index (χ4n) is 1.08. The summed E-state index contributed by atoms with van der Waals surface area (Å²) in [7, 11) is 0.